The molecule has 34 heavy (non-hydrogen) atoms. The van der Waals surface area contributed by atoms with Crippen LogP contribution in [0.4, 0.5) is 14.5 Å². The molecule has 5 nitrogen and oxygen atoms in total. The Bertz CT molecular complexity index is 1290. The fraction of sp³-hybridized carbons (Fsp3) is 0.259. The Balaban J connectivity index is 1.56. The normalized spacial score (nSPS) is 16.0. The predicted molar refractivity (Wildman–Crippen MR) is 128 cm³/mol. The van der Waals surface area contributed by atoms with E-state index in [1.807, 2.05) is 31.2 Å². The summed E-state index contributed by atoms with van der Waals surface area (Å²) in [5.74, 6) is -4.82. The Kier molecular flexibility index (Phi) is 6.37. The maximum Gasteiger partial charge on any atom is 0.273 e. The summed E-state index contributed by atoms with van der Waals surface area (Å²) in [7, 11) is 0. The van der Waals surface area contributed by atoms with Crippen molar-refractivity contribution in [2.45, 2.75) is 39.5 Å². The molecular weight excluding hydrogens is 436 g/mol. The molecule has 1 aliphatic rings. The molecule has 1 amide bonds. The summed E-state index contributed by atoms with van der Waals surface area (Å²) >= 11 is 0. The monoisotopic (exact) mass is 461 g/mol. The third-order valence-electron chi connectivity index (χ3n) is 6.05. The van der Waals surface area contributed by atoms with E-state index in [0.717, 1.165) is 16.7 Å². The van der Waals surface area contributed by atoms with Crippen LogP contribution in [-0.2, 0) is 21.9 Å². The van der Waals surface area contributed by atoms with Crippen LogP contribution in [0.15, 0.2) is 72.1 Å². The molecule has 2 heterocycles. The Morgan fingerprint density at radius 3 is 2.59 bits per heavy atom. The largest absolute Gasteiger partial charge is 0.298 e. The third-order valence-corrected chi connectivity index (χ3v) is 6.05. The van der Waals surface area contributed by atoms with Crippen molar-refractivity contribution in [3.8, 4) is 11.1 Å². The smallest absolute Gasteiger partial charge is 0.273 e. The number of rotatable bonds is 7. The van der Waals surface area contributed by atoms with E-state index in [1.165, 1.54) is 30.1 Å². The number of hydrogen-bond donors (Lipinski definition) is 0. The Morgan fingerprint density at radius 1 is 1.09 bits per heavy atom. The summed E-state index contributed by atoms with van der Waals surface area (Å²) < 4.78 is 28.2. The van der Waals surface area contributed by atoms with E-state index in [0.29, 0.717) is 17.0 Å². The van der Waals surface area contributed by atoms with Crippen LogP contribution in [-0.4, -0.2) is 22.4 Å². The number of hydrazone groups is 1. The molecule has 0 saturated carbocycles. The second kappa shape index (κ2) is 9.25. The first-order valence-corrected chi connectivity index (χ1v) is 11.1. The molecule has 0 N–H and O–H groups in total. The van der Waals surface area contributed by atoms with Gasteiger partial charge in [-0.2, -0.15) is 10.1 Å². The van der Waals surface area contributed by atoms with Gasteiger partial charge in [0.05, 0.1) is 11.4 Å². The molecule has 1 unspecified atom stereocenters. The number of halogens is 2. The first-order chi connectivity index (χ1) is 16.2. The number of carbonyl (C=O) groups is 2. The number of amides is 1. The van der Waals surface area contributed by atoms with Crippen molar-refractivity contribution < 1.29 is 18.4 Å². The molecule has 174 valence electrons. The van der Waals surface area contributed by atoms with Gasteiger partial charge in [-0.3, -0.25) is 14.6 Å². The number of pyridine rings is 1. The highest BCUT2D eigenvalue weighted by Crippen LogP contribution is 2.33. The van der Waals surface area contributed by atoms with Crippen LogP contribution in [0.1, 0.15) is 37.0 Å². The van der Waals surface area contributed by atoms with E-state index >= 15 is 0 Å². The van der Waals surface area contributed by atoms with Crippen LogP contribution in [0.2, 0.25) is 0 Å². The van der Waals surface area contributed by atoms with Crippen LogP contribution in [0.25, 0.3) is 11.1 Å². The minimum atomic E-state index is -2.96. The molecule has 3 aromatic rings. The highest BCUT2D eigenvalue weighted by atomic mass is 19.3. The number of ketones is 1. The highest BCUT2D eigenvalue weighted by Gasteiger charge is 2.39. The number of carbonyl (C=O) groups excluding carboxylic acids is 2. The lowest BCUT2D eigenvalue weighted by molar-refractivity contribution is -0.128. The molecule has 0 spiro atoms. The standard InChI is InChI=1S/C27H25F2N3O2/c1-4-27(28,29)21-9-5-7-19(13-21)14-24(33)25-18(3)31-32(26(25)34)22-10-6-8-20(15-22)23-11-12-30-16-17(23)2/h5-13,15-16,25H,4,14H2,1-3H3. The van der Waals surface area contributed by atoms with E-state index < -0.39 is 17.7 Å². The second-order valence-corrected chi connectivity index (χ2v) is 8.47. The molecule has 4 rings (SSSR count). The average Bonchev–Trinajstić information content (AvgIpc) is 3.13. The van der Waals surface area contributed by atoms with Crippen LogP contribution in [0.3, 0.4) is 0 Å². The highest BCUT2D eigenvalue weighted by molar-refractivity contribution is 6.27. The molecule has 0 bridgehead atoms. The zero-order valence-corrected chi connectivity index (χ0v) is 19.3. The number of aryl methyl sites for hydroxylation is 1. The number of anilines is 1. The molecule has 1 aliphatic heterocycles. The summed E-state index contributed by atoms with van der Waals surface area (Å²) in [5, 5.41) is 5.61. The average molecular weight is 462 g/mol. The number of aromatic nitrogens is 1. The number of benzene rings is 2. The maximum atomic E-state index is 14.1. The van der Waals surface area contributed by atoms with Gasteiger partial charge in [-0.1, -0.05) is 37.3 Å². The molecule has 0 fully saturated rings. The Labute approximate surface area is 197 Å². The van der Waals surface area contributed by atoms with E-state index in [2.05, 4.69) is 10.1 Å². The summed E-state index contributed by atoms with van der Waals surface area (Å²) in [6.45, 7) is 5.01. The summed E-state index contributed by atoms with van der Waals surface area (Å²) in [6, 6.07) is 15.1. The van der Waals surface area contributed by atoms with Crippen LogP contribution in [0, 0.1) is 12.8 Å². The third kappa shape index (κ3) is 4.51. The minimum Gasteiger partial charge on any atom is -0.298 e. The van der Waals surface area contributed by atoms with E-state index in [4.69, 9.17) is 0 Å². The fourth-order valence-corrected chi connectivity index (χ4v) is 4.14. The van der Waals surface area contributed by atoms with Gasteiger partial charge in [0.25, 0.3) is 11.8 Å². The molecule has 1 aromatic heterocycles. The minimum absolute atomic E-state index is 0.124. The van der Waals surface area contributed by atoms with E-state index in [1.54, 1.807) is 31.5 Å². The maximum absolute atomic E-state index is 14.1. The van der Waals surface area contributed by atoms with Gasteiger partial charge in [0, 0.05) is 30.8 Å². The number of nitrogens with zero attached hydrogens (tertiary/aromatic N) is 3. The van der Waals surface area contributed by atoms with Crippen molar-refractivity contribution >= 4 is 23.1 Å². The van der Waals surface area contributed by atoms with E-state index in [9.17, 15) is 18.4 Å². The SMILES string of the molecule is CCC(F)(F)c1cccc(CC(=O)C2C(=O)N(c3cccc(-c4ccncc4C)c3)N=C2C)c1. The Morgan fingerprint density at radius 2 is 1.85 bits per heavy atom. The topological polar surface area (TPSA) is 62.6 Å². The van der Waals surface area contributed by atoms with Gasteiger partial charge in [-0.25, -0.2) is 8.78 Å². The van der Waals surface area contributed by atoms with Gasteiger partial charge in [0.15, 0.2) is 5.78 Å². The van der Waals surface area contributed by atoms with Crippen molar-refractivity contribution in [2.24, 2.45) is 11.0 Å². The van der Waals surface area contributed by atoms with E-state index in [-0.39, 0.29) is 24.2 Å². The zero-order valence-electron chi connectivity index (χ0n) is 19.3. The first kappa shape index (κ1) is 23.4. The van der Waals surface area contributed by atoms with Crippen molar-refractivity contribution in [1.82, 2.24) is 4.98 Å². The van der Waals surface area contributed by atoms with Crippen LogP contribution >= 0.6 is 0 Å². The predicted octanol–water partition coefficient (Wildman–Crippen LogP) is 5.71. The second-order valence-electron chi connectivity index (χ2n) is 8.47. The van der Waals surface area contributed by atoms with Gasteiger partial charge >= 0.3 is 0 Å². The van der Waals surface area contributed by atoms with Gasteiger partial charge in [-0.05, 0) is 60.4 Å². The van der Waals surface area contributed by atoms with Crippen molar-refractivity contribution in [3.63, 3.8) is 0 Å². The van der Waals surface area contributed by atoms with Gasteiger partial charge in [0.1, 0.15) is 5.92 Å². The molecule has 1 atom stereocenters. The number of alkyl halides is 2. The lowest BCUT2D eigenvalue weighted by Crippen LogP contribution is -2.33. The number of hydrogen-bond acceptors (Lipinski definition) is 4. The molecular formula is C27H25F2N3O2. The fourth-order valence-electron chi connectivity index (χ4n) is 4.14. The van der Waals surface area contributed by atoms with Gasteiger partial charge < -0.3 is 0 Å². The zero-order chi connectivity index (χ0) is 24.5. The van der Waals surface area contributed by atoms with Gasteiger partial charge in [-0.15, -0.1) is 0 Å². The lowest BCUT2D eigenvalue weighted by Gasteiger charge is -2.17. The first-order valence-electron chi connectivity index (χ1n) is 11.1. The summed E-state index contributed by atoms with van der Waals surface area (Å²) in [4.78, 5) is 30.4. The van der Waals surface area contributed by atoms with Crippen LogP contribution < -0.4 is 5.01 Å². The van der Waals surface area contributed by atoms with Crippen LogP contribution in [0.5, 0.6) is 0 Å². The molecule has 0 radical (unpaired) electrons. The molecule has 7 heteroatoms. The summed E-state index contributed by atoms with van der Waals surface area (Å²) in [5.41, 5.74) is 4.14. The lowest BCUT2D eigenvalue weighted by atomic mass is 9.92. The quantitative estimate of drug-likeness (QED) is 0.424. The van der Waals surface area contributed by atoms with Crippen molar-refractivity contribution in [1.29, 1.82) is 0 Å². The Hall–Kier alpha value is -3.74. The number of Topliss-reactive ketones (excluding diaryl/α,β-unsaturated/α-hetero) is 1. The van der Waals surface area contributed by atoms with Crippen molar-refractivity contribution in [3.05, 3.63) is 83.7 Å². The summed E-state index contributed by atoms with van der Waals surface area (Å²) in [6.07, 6.45) is 3.02. The van der Waals surface area contributed by atoms with Crippen molar-refractivity contribution in [2.75, 3.05) is 5.01 Å². The van der Waals surface area contributed by atoms with Gasteiger partial charge in [0.2, 0.25) is 0 Å². The molecule has 0 saturated heterocycles. The molecule has 0 aliphatic carbocycles. The molecule has 2 aromatic carbocycles.